The zero-order valence-corrected chi connectivity index (χ0v) is 16.6. The van der Waals surface area contributed by atoms with Crippen molar-refractivity contribution in [1.29, 1.82) is 0 Å². The predicted molar refractivity (Wildman–Crippen MR) is 108 cm³/mol. The minimum absolute atomic E-state index is 0.192. The van der Waals surface area contributed by atoms with Gasteiger partial charge in [-0.15, -0.1) is 0 Å². The van der Waals surface area contributed by atoms with E-state index in [0.717, 1.165) is 31.3 Å². The highest BCUT2D eigenvalue weighted by atomic mass is 16.5. The van der Waals surface area contributed by atoms with E-state index < -0.39 is 12.2 Å². The van der Waals surface area contributed by atoms with Gasteiger partial charge in [-0.05, 0) is 78.9 Å². The van der Waals surface area contributed by atoms with Gasteiger partial charge in [0.25, 0.3) is 0 Å². The van der Waals surface area contributed by atoms with Gasteiger partial charge >= 0.3 is 0 Å². The first-order valence-electron chi connectivity index (χ1n) is 11.0. The molecule has 5 aliphatic rings. The molecule has 1 aromatic rings. The minimum atomic E-state index is -0.778. The lowest BCUT2D eigenvalue weighted by Crippen LogP contribution is -2.56. The van der Waals surface area contributed by atoms with Crippen LogP contribution in [-0.4, -0.2) is 33.6 Å². The summed E-state index contributed by atoms with van der Waals surface area (Å²) in [5.74, 6) is 1.10. The topological polar surface area (TPSA) is 49.7 Å². The Kier molecular flexibility index (Phi) is 3.48. The van der Waals surface area contributed by atoms with Crippen LogP contribution in [0.1, 0.15) is 63.4 Å². The van der Waals surface area contributed by atoms with Crippen molar-refractivity contribution < 1.29 is 14.9 Å². The Morgan fingerprint density at radius 3 is 2.64 bits per heavy atom. The van der Waals surface area contributed by atoms with Crippen molar-refractivity contribution in [2.75, 3.05) is 0 Å². The van der Waals surface area contributed by atoms with Crippen LogP contribution in [-0.2, 0) is 4.74 Å². The second kappa shape index (κ2) is 5.59. The van der Waals surface area contributed by atoms with E-state index in [-0.39, 0.29) is 16.6 Å². The first-order chi connectivity index (χ1) is 13.5. The molecule has 0 amide bonds. The molecule has 6 rings (SSSR count). The highest BCUT2D eigenvalue weighted by Gasteiger charge is 2.67. The van der Waals surface area contributed by atoms with Gasteiger partial charge in [0.05, 0.1) is 17.3 Å². The maximum atomic E-state index is 10.7. The SMILES string of the molecule is C[C@]12CC=C3C=C4[C@@H](O)[C@H](O)CC[C@]45CC[C@]3(O5)[C@@H]1CC[C@@H]2c1ccccc1. The standard InChI is InChI=1S/C25H30O3/c1-23-11-9-17-15-19-22(27)20(26)10-12-24(19)13-14-25(17,28-24)21(23)8-7-18(23)16-5-3-2-4-6-16/h2-6,9,15,18,20-22,26-27H,7-8,10-14H2,1H3/t18-,20-,21-,22-,23-,24+,25-/m1/s1. The van der Waals surface area contributed by atoms with E-state index in [9.17, 15) is 10.2 Å². The molecule has 2 spiro atoms. The van der Waals surface area contributed by atoms with Gasteiger partial charge in [-0.2, -0.15) is 0 Å². The molecule has 3 fully saturated rings. The summed E-state index contributed by atoms with van der Waals surface area (Å²) in [6, 6.07) is 11.0. The van der Waals surface area contributed by atoms with Crippen LogP contribution in [0.25, 0.3) is 0 Å². The lowest BCUT2D eigenvalue weighted by molar-refractivity contribution is -0.152. The first-order valence-corrected chi connectivity index (χ1v) is 11.0. The summed E-state index contributed by atoms with van der Waals surface area (Å²) < 4.78 is 7.05. The number of rotatable bonds is 1. The van der Waals surface area contributed by atoms with E-state index >= 15 is 0 Å². The predicted octanol–water partition coefficient (Wildman–Crippen LogP) is 4.26. The minimum Gasteiger partial charge on any atom is -0.390 e. The van der Waals surface area contributed by atoms with Gasteiger partial charge < -0.3 is 14.9 Å². The van der Waals surface area contributed by atoms with Gasteiger partial charge in [-0.3, -0.25) is 0 Å². The largest absolute Gasteiger partial charge is 0.390 e. The van der Waals surface area contributed by atoms with Crippen LogP contribution in [0, 0.1) is 11.3 Å². The molecule has 1 aromatic carbocycles. The molecule has 28 heavy (non-hydrogen) atoms. The molecule has 2 heterocycles. The maximum absolute atomic E-state index is 10.7. The van der Waals surface area contributed by atoms with Crippen molar-refractivity contribution in [3.05, 3.63) is 59.2 Å². The number of hydrogen-bond acceptors (Lipinski definition) is 3. The van der Waals surface area contributed by atoms with Gasteiger partial charge in [-0.1, -0.05) is 49.4 Å². The normalized spacial score (nSPS) is 49.0. The van der Waals surface area contributed by atoms with E-state index in [4.69, 9.17) is 4.74 Å². The van der Waals surface area contributed by atoms with Crippen molar-refractivity contribution in [3.8, 4) is 0 Å². The Bertz CT molecular complexity index is 873. The molecule has 3 aliphatic carbocycles. The van der Waals surface area contributed by atoms with Crippen LogP contribution in [0.2, 0.25) is 0 Å². The maximum Gasteiger partial charge on any atom is 0.104 e. The van der Waals surface area contributed by atoms with E-state index in [1.165, 1.54) is 24.0 Å². The highest BCUT2D eigenvalue weighted by molar-refractivity contribution is 5.49. The zero-order valence-electron chi connectivity index (χ0n) is 16.6. The summed E-state index contributed by atoms with van der Waals surface area (Å²) in [6.07, 6.45) is 10.2. The molecule has 7 atom stereocenters. The Hall–Kier alpha value is -1.42. The fourth-order valence-electron chi connectivity index (χ4n) is 7.61. The van der Waals surface area contributed by atoms with E-state index in [0.29, 0.717) is 18.3 Å². The van der Waals surface area contributed by atoms with E-state index in [1.54, 1.807) is 0 Å². The molecule has 0 unspecified atom stereocenters. The number of benzene rings is 1. The molecule has 2 bridgehead atoms. The highest BCUT2D eigenvalue weighted by Crippen LogP contribution is 2.69. The Morgan fingerprint density at radius 2 is 1.82 bits per heavy atom. The quantitative estimate of drug-likeness (QED) is 0.768. The molecular weight excluding hydrogens is 348 g/mol. The fraction of sp³-hybridized carbons (Fsp3) is 0.600. The molecule has 2 aliphatic heterocycles. The Labute approximate surface area is 167 Å². The third kappa shape index (κ3) is 2.00. The number of hydrogen-bond donors (Lipinski definition) is 2. The smallest absolute Gasteiger partial charge is 0.104 e. The van der Waals surface area contributed by atoms with Crippen molar-refractivity contribution in [2.45, 2.75) is 81.2 Å². The molecule has 2 N–H and O–H groups in total. The Balaban J connectivity index is 1.45. The number of ether oxygens (including phenoxy) is 1. The second-order valence-electron chi connectivity index (χ2n) is 10.1. The lowest BCUT2D eigenvalue weighted by atomic mass is 9.58. The van der Waals surface area contributed by atoms with Gasteiger partial charge in [-0.25, -0.2) is 0 Å². The summed E-state index contributed by atoms with van der Waals surface area (Å²) in [5.41, 5.74) is 3.36. The second-order valence-corrected chi connectivity index (χ2v) is 10.1. The molecule has 3 nitrogen and oxygen atoms in total. The van der Waals surface area contributed by atoms with Crippen LogP contribution < -0.4 is 0 Å². The molecule has 0 radical (unpaired) electrons. The molecule has 3 heteroatoms. The number of aliphatic hydroxyl groups is 2. The summed E-state index contributed by atoms with van der Waals surface area (Å²) in [5, 5.41) is 20.9. The molecule has 148 valence electrons. The number of aliphatic hydroxyl groups excluding tert-OH is 2. The van der Waals surface area contributed by atoms with Crippen molar-refractivity contribution in [1.82, 2.24) is 0 Å². The number of fused-ring (bicyclic) bond motifs is 1. The van der Waals surface area contributed by atoms with Crippen LogP contribution in [0.4, 0.5) is 0 Å². The lowest BCUT2D eigenvalue weighted by Gasteiger charge is -2.54. The summed E-state index contributed by atoms with van der Waals surface area (Å²) in [6.45, 7) is 2.48. The number of allylic oxidation sites excluding steroid dienone is 1. The average molecular weight is 379 g/mol. The third-order valence-corrected chi connectivity index (χ3v) is 8.99. The van der Waals surface area contributed by atoms with Crippen LogP contribution in [0.15, 0.2) is 53.6 Å². The summed E-state index contributed by atoms with van der Waals surface area (Å²) >= 11 is 0. The van der Waals surface area contributed by atoms with E-state index in [1.807, 2.05) is 0 Å². The Morgan fingerprint density at radius 1 is 1.00 bits per heavy atom. The van der Waals surface area contributed by atoms with Crippen molar-refractivity contribution in [2.24, 2.45) is 11.3 Å². The van der Waals surface area contributed by atoms with Crippen LogP contribution in [0.5, 0.6) is 0 Å². The summed E-state index contributed by atoms with van der Waals surface area (Å²) in [7, 11) is 0. The zero-order chi connectivity index (χ0) is 19.1. The monoisotopic (exact) mass is 378 g/mol. The first kappa shape index (κ1) is 17.4. The van der Waals surface area contributed by atoms with Gasteiger partial charge in [0.2, 0.25) is 0 Å². The molecule has 2 saturated carbocycles. The van der Waals surface area contributed by atoms with Crippen molar-refractivity contribution in [3.63, 3.8) is 0 Å². The van der Waals surface area contributed by atoms with Gasteiger partial charge in [0, 0.05) is 0 Å². The van der Waals surface area contributed by atoms with Gasteiger partial charge in [0.15, 0.2) is 0 Å². The third-order valence-electron chi connectivity index (χ3n) is 8.99. The fourth-order valence-corrected chi connectivity index (χ4v) is 7.61. The van der Waals surface area contributed by atoms with Crippen molar-refractivity contribution >= 4 is 0 Å². The summed E-state index contributed by atoms with van der Waals surface area (Å²) in [4.78, 5) is 0. The average Bonchev–Trinajstić information content (AvgIpc) is 3.22. The van der Waals surface area contributed by atoms with Crippen LogP contribution in [0.3, 0.4) is 0 Å². The molecule has 0 aromatic heterocycles. The molecule has 1 saturated heterocycles. The molecular formula is C25H30O3. The van der Waals surface area contributed by atoms with Crippen LogP contribution >= 0.6 is 0 Å². The van der Waals surface area contributed by atoms with E-state index in [2.05, 4.69) is 49.4 Å². The van der Waals surface area contributed by atoms with Gasteiger partial charge in [0.1, 0.15) is 6.10 Å².